The molecule has 0 saturated carbocycles. The summed E-state index contributed by atoms with van der Waals surface area (Å²) in [5, 5.41) is 2.84. The number of hydrogen-bond donors (Lipinski definition) is 3. The van der Waals surface area contributed by atoms with Crippen LogP contribution < -0.4 is 15.8 Å². The summed E-state index contributed by atoms with van der Waals surface area (Å²) in [6, 6.07) is 11.9. The third-order valence-electron chi connectivity index (χ3n) is 3.51. The Morgan fingerprint density at radius 1 is 1.07 bits per heavy atom. The van der Waals surface area contributed by atoms with Crippen LogP contribution in [0.2, 0.25) is 5.02 Å². The van der Waals surface area contributed by atoms with Gasteiger partial charge in [-0.2, -0.15) is 0 Å². The van der Waals surface area contributed by atoms with Crippen LogP contribution in [0.5, 0.6) is 0 Å². The number of nitrogens with two attached hydrogens (primary N) is 1. The minimum atomic E-state index is -3.90. The molecule has 0 atom stereocenters. The van der Waals surface area contributed by atoms with Gasteiger partial charge in [0.15, 0.2) is 0 Å². The zero-order valence-electron chi connectivity index (χ0n) is 13.8. The van der Waals surface area contributed by atoms with Crippen LogP contribution in [0.4, 0.5) is 17.1 Å². The van der Waals surface area contributed by atoms with Crippen molar-refractivity contribution in [2.45, 2.75) is 4.90 Å². The molecule has 0 bridgehead atoms. The van der Waals surface area contributed by atoms with E-state index < -0.39 is 15.9 Å². The molecule has 4 N–H and O–H groups in total. The summed E-state index contributed by atoms with van der Waals surface area (Å²) in [7, 11) is -3.90. The van der Waals surface area contributed by atoms with Gasteiger partial charge in [0.2, 0.25) is 0 Å². The summed E-state index contributed by atoms with van der Waals surface area (Å²) in [5.41, 5.74) is 6.65. The van der Waals surface area contributed by atoms with E-state index in [1.54, 1.807) is 24.3 Å². The molecule has 0 aliphatic carbocycles. The summed E-state index contributed by atoms with van der Waals surface area (Å²) in [5.74, 6) is -0.492. The zero-order chi connectivity index (χ0) is 19.4. The lowest BCUT2D eigenvalue weighted by Crippen LogP contribution is -2.16. The second-order valence-corrected chi connectivity index (χ2v) is 7.47. The molecule has 138 valence electrons. The molecule has 3 rings (SSSR count). The largest absolute Gasteiger partial charge is 0.397 e. The van der Waals surface area contributed by atoms with Gasteiger partial charge in [-0.1, -0.05) is 23.7 Å². The standard InChI is InChI=1S/C17H14ClN5O3S/c18-12-3-1-2-4-14(12)23-27(25,26)11-5-6-15(13(19)9-11)22-17(24)16-7-8-20-10-21-16/h1-10,23H,19H2,(H,22,24). The van der Waals surface area contributed by atoms with E-state index in [9.17, 15) is 13.2 Å². The summed E-state index contributed by atoms with van der Waals surface area (Å²) in [4.78, 5) is 19.6. The fourth-order valence-corrected chi connectivity index (χ4v) is 3.53. The van der Waals surface area contributed by atoms with Crippen molar-refractivity contribution in [2.75, 3.05) is 15.8 Å². The zero-order valence-corrected chi connectivity index (χ0v) is 15.3. The van der Waals surface area contributed by atoms with E-state index in [0.717, 1.165) is 0 Å². The Hall–Kier alpha value is -3.17. The number of nitrogens with zero attached hydrogens (tertiary/aromatic N) is 2. The Bertz CT molecular complexity index is 1090. The van der Waals surface area contributed by atoms with Crippen LogP contribution in [0.15, 0.2) is 66.0 Å². The lowest BCUT2D eigenvalue weighted by atomic mass is 10.2. The van der Waals surface area contributed by atoms with Crippen molar-refractivity contribution < 1.29 is 13.2 Å². The van der Waals surface area contributed by atoms with Crippen molar-refractivity contribution in [2.24, 2.45) is 0 Å². The summed E-state index contributed by atoms with van der Waals surface area (Å²) in [6.45, 7) is 0. The van der Waals surface area contributed by atoms with E-state index in [4.69, 9.17) is 17.3 Å². The van der Waals surface area contributed by atoms with Gasteiger partial charge < -0.3 is 11.1 Å². The fourth-order valence-electron chi connectivity index (χ4n) is 2.18. The number of nitrogens with one attached hydrogen (secondary N) is 2. The Morgan fingerprint density at radius 2 is 1.85 bits per heavy atom. The molecular weight excluding hydrogens is 390 g/mol. The number of para-hydroxylation sites is 1. The molecule has 0 saturated heterocycles. The lowest BCUT2D eigenvalue weighted by molar-refractivity contribution is 0.102. The van der Waals surface area contributed by atoms with Gasteiger partial charge in [0.1, 0.15) is 12.0 Å². The molecule has 0 spiro atoms. The normalized spacial score (nSPS) is 11.0. The third-order valence-corrected chi connectivity index (χ3v) is 5.21. The van der Waals surface area contributed by atoms with Crippen molar-refractivity contribution in [3.63, 3.8) is 0 Å². The number of hydrogen-bond acceptors (Lipinski definition) is 6. The maximum atomic E-state index is 12.5. The highest BCUT2D eigenvalue weighted by atomic mass is 35.5. The first-order valence-corrected chi connectivity index (χ1v) is 9.47. The molecule has 1 heterocycles. The molecule has 0 fully saturated rings. The maximum absolute atomic E-state index is 12.5. The molecule has 2 aromatic carbocycles. The van der Waals surface area contributed by atoms with E-state index in [2.05, 4.69) is 20.0 Å². The van der Waals surface area contributed by atoms with Gasteiger partial charge in [-0.3, -0.25) is 9.52 Å². The van der Waals surface area contributed by atoms with Gasteiger partial charge in [-0.05, 0) is 36.4 Å². The topological polar surface area (TPSA) is 127 Å². The van der Waals surface area contributed by atoms with Crippen LogP contribution in [0.3, 0.4) is 0 Å². The van der Waals surface area contributed by atoms with Crippen molar-refractivity contribution in [1.29, 1.82) is 0 Å². The molecule has 1 amide bonds. The molecule has 8 nitrogen and oxygen atoms in total. The third kappa shape index (κ3) is 4.33. The van der Waals surface area contributed by atoms with Crippen LogP contribution in [0.25, 0.3) is 0 Å². The molecule has 0 radical (unpaired) electrons. The molecule has 1 aromatic heterocycles. The molecule has 0 aliphatic rings. The molecule has 0 unspecified atom stereocenters. The predicted octanol–water partition coefficient (Wildman–Crippen LogP) is 2.77. The number of halogens is 1. The van der Waals surface area contributed by atoms with Gasteiger partial charge in [0.05, 0.1) is 27.0 Å². The van der Waals surface area contributed by atoms with Crippen LogP contribution in [-0.2, 0) is 10.0 Å². The first-order valence-electron chi connectivity index (χ1n) is 7.61. The van der Waals surface area contributed by atoms with E-state index >= 15 is 0 Å². The van der Waals surface area contributed by atoms with E-state index in [1.165, 1.54) is 36.8 Å². The average Bonchev–Trinajstić information content (AvgIpc) is 2.65. The number of carbonyl (C=O) groups is 1. The first kappa shape index (κ1) is 18.6. The van der Waals surface area contributed by atoms with Crippen LogP contribution >= 0.6 is 11.6 Å². The fraction of sp³-hybridized carbons (Fsp3) is 0. The lowest BCUT2D eigenvalue weighted by Gasteiger charge is -2.12. The Morgan fingerprint density at radius 3 is 2.52 bits per heavy atom. The Labute approximate surface area is 160 Å². The van der Waals surface area contributed by atoms with Crippen molar-refractivity contribution in [3.05, 3.63) is 71.8 Å². The number of sulfonamides is 1. The summed E-state index contributed by atoms with van der Waals surface area (Å²) < 4.78 is 27.5. The number of rotatable bonds is 5. The first-order chi connectivity index (χ1) is 12.9. The number of aromatic nitrogens is 2. The van der Waals surface area contributed by atoms with E-state index in [1.807, 2.05) is 0 Å². The highest BCUT2D eigenvalue weighted by molar-refractivity contribution is 7.92. The van der Waals surface area contributed by atoms with Crippen LogP contribution in [0, 0.1) is 0 Å². The Balaban J connectivity index is 1.82. The SMILES string of the molecule is Nc1cc(S(=O)(=O)Nc2ccccc2Cl)ccc1NC(=O)c1ccncn1. The second kappa shape index (κ2) is 7.60. The van der Waals surface area contributed by atoms with E-state index in [-0.39, 0.29) is 32.7 Å². The smallest absolute Gasteiger partial charge is 0.274 e. The van der Waals surface area contributed by atoms with Gasteiger partial charge in [-0.25, -0.2) is 18.4 Å². The molecule has 27 heavy (non-hydrogen) atoms. The highest BCUT2D eigenvalue weighted by Crippen LogP contribution is 2.27. The number of anilines is 3. The van der Waals surface area contributed by atoms with Crippen molar-refractivity contribution in [3.8, 4) is 0 Å². The van der Waals surface area contributed by atoms with Gasteiger partial charge >= 0.3 is 0 Å². The number of carbonyl (C=O) groups excluding carboxylic acids is 1. The number of nitrogen functional groups attached to an aromatic ring is 1. The molecule has 0 aliphatic heterocycles. The summed E-state index contributed by atoms with van der Waals surface area (Å²) in [6.07, 6.45) is 2.68. The van der Waals surface area contributed by atoms with Gasteiger partial charge in [0, 0.05) is 6.20 Å². The number of benzene rings is 2. The predicted molar refractivity (Wildman–Crippen MR) is 103 cm³/mol. The quantitative estimate of drug-likeness (QED) is 0.562. The molecular formula is C17H14ClN5O3S. The molecule has 3 aromatic rings. The number of amides is 1. The van der Waals surface area contributed by atoms with Gasteiger partial charge in [0.25, 0.3) is 15.9 Å². The monoisotopic (exact) mass is 403 g/mol. The van der Waals surface area contributed by atoms with E-state index in [0.29, 0.717) is 0 Å². The minimum absolute atomic E-state index is 0.0695. The highest BCUT2D eigenvalue weighted by Gasteiger charge is 2.18. The van der Waals surface area contributed by atoms with Gasteiger partial charge in [-0.15, -0.1) is 0 Å². The van der Waals surface area contributed by atoms with Crippen molar-refractivity contribution >= 4 is 44.6 Å². The van der Waals surface area contributed by atoms with Crippen molar-refractivity contribution in [1.82, 2.24) is 9.97 Å². The summed E-state index contributed by atoms with van der Waals surface area (Å²) >= 11 is 5.98. The van der Waals surface area contributed by atoms with Crippen LogP contribution in [0.1, 0.15) is 10.5 Å². The Kier molecular flexibility index (Phi) is 5.24. The van der Waals surface area contributed by atoms with Crippen LogP contribution in [-0.4, -0.2) is 24.3 Å². The second-order valence-electron chi connectivity index (χ2n) is 5.38. The maximum Gasteiger partial charge on any atom is 0.274 e. The average molecular weight is 404 g/mol. The molecule has 10 heteroatoms. The minimum Gasteiger partial charge on any atom is -0.397 e.